The fourth-order valence-corrected chi connectivity index (χ4v) is 5.42. The molecule has 1 saturated heterocycles. The number of hydrogen-bond acceptors (Lipinski definition) is 2. The minimum Gasteiger partial charge on any atom is -0.349 e. The van der Waals surface area contributed by atoms with Crippen molar-refractivity contribution in [3.05, 3.63) is 18.0 Å². The lowest BCUT2D eigenvalue weighted by Crippen LogP contribution is -2.37. The van der Waals surface area contributed by atoms with Crippen LogP contribution in [0.4, 0.5) is 0 Å². The third-order valence-corrected chi connectivity index (χ3v) is 6.56. The number of fused-ring (bicyclic) bond motifs is 2. The molecule has 4 nitrogen and oxygen atoms in total. The van der Waals surface area contributed by atoms with E-state index in [2.05, 4.69) is 0 Å². The van der Waals surface area contributed by atoms with E-state index in [0.717, 1.165) is 25.1 Å². The van der Waals surface area contributed by atoms with Crippen molar-refractivity contribution in [3.8, 4) is 0 Å². The van der Waals surface area contributed by atoms with Gasteiger partial charge in [-0.1, -0.05) is 0 Å². The number of alkyl halides is 1. The fraction of sp³-hybridized carbons (Fsp3) is 0.692. The van der Waals surface area contributed by atoms with Crippen LogP contribution in [0.1, 0.15) is 31.9 Å². The monoisotopic (exact) mass is 302 g/mol. The number of sulfonamides is 1. The molecule has 2 fully saturated rings. The van der Waals surface area contributed by atoms with Gasteiger partial charge in [-0.2, -0.15) is 4.31 Å². The van der Waals surface area contributed by atoms with Crippen molar-refractivity contribution in [2.24, 2.45) is 5.92 Å². The SMILES string of the molecule is CCn1cc(S(=O)(=O)N2CC3CCC2C3)cc1CCl. The molecule has 0 amide bonds. The van der Waals surface area contributed by atoms with Crippen molar-refractivity contribution in [2.45, 2.75) is 49.5 Å². The highest BCUT2D eigenvalue weighted by Gasteiger charge is 2.44. The molecule has 1 aliphatic heterocycles. The van der Waals surface area contributed by atoms with Crippen LogP contribution in [0.15, 0.2) is 17.2 Å². The molecule has 0 aromatic carbocycles. The maximum atomic E-state index is 12.7. The number of nitrogens with zero attached hydrogens (tertiary/aromatic N) is 2. The summed E-state index contributed by atoms with van der Waals surface area (Å²) in [6.07, 6.45) is 4.95. The van der Waals surface area contributed by atoms with Gasteiger partial charge in [-0.25, -0.2) is 8.42 Å². The standard InChI is InChI=1S/C13H19ClN2O2S/c1-2-15-9-13(6-12(15)7-14)19(17,18)16-8-10-3-4-11(16)5-10/h6,9-11H,2-5,7-8H2,1H3. The van der Waals surface area contributed by atoms with Gasteiger partial charge in [-0.3, -0.25) is 0 Å². The van der Waals surface area contributed by atoms with Gasteiger partial charge in [0.05, 0.1) is 5.88 Å². The van der Waals surface area contributed by atoms with Crippen LogP contribution in [-0.2, 0) is 22.4 Å². The largest absolute Gasteiger partial charge is 0.349 e. The Hall–Kier alpha value is -0.520. The molecule has 2 atom stereocenters. The molecule has 2 bridgehead atoms. The normalized spacial score (nSPS) is 27.3. The zero-order valence-electron chi connectivity index (χ0n) is 11.0. The summed E-state index contributed by atoms with van der Waals surface area (Å²) in [4.78, 5) is 0.401. The Kier molecular flexibility index (Phi) is 3.39. The van der Waals surface area contributed by atoms with E-state index >= 15 is 0 Å². The Morgan fingerprint density at radius 2 is 2.21 bits per heavy atom. The van der Waals surface area contributed by atoms with Crippen LogP contribution in [0.5, 0.6) is 0 Å². The fourth-order valence-electron chi connectivity index (χ4n) is 3.38. The van der Waals surface area contributed by atoms with E-state index < -0.39 is 10.0 Å². The molecule has 1 aromatic heterocycles. The molecule has 1 aromatic rings. The van der Waals surface area contributed by atoms with Gasteiger partial charge in [-0.05, 0) is 38.2 Å². The van der Waals surface area contributed by atoms with Gasteiger partial charge in [0.15, 0.2) is 0 Å². The highest BCUT2D eigenvalue weighted by molar-refractivity contribution is 7.89. The molecule has 0 spiro atoms. The van der Waals surface area contributed by atoms with E-state index in [1.54, 1.807) is 16.6 Å². The topological polar surface area (TPSA) is 42.3 Å². The van der Waals surface area contributed by atoms with E-state index in [0.29, 0.717) is 23.2 Å². The summed E-state index contributed by atoms with van der Waals surface area (Å²) in [5.74, 6) is 0.913. The zero-order valence-corrected chi connectivity index (χ0v) is 12.6. The summed E-state index contributed by atoms with van der Waals surface area (Å²) in [6.45, 7) is 3.43. The Morgan fingerprint density at radius 3 is 2.68 bits per heavy atom. The van der Waals surface area contributed by atoms with Crippen LogP contribution >= 0.6 is 11.6 Å². The number of aryl methyl sites for hydroxylation is 1. The lowest BCUT2D eigenvalue weighted by atomic mass is 10.1. The smallest absolute Gasteiger partial charge is 0.244 e. The maximum absolute atomic E-state index is 12.7. The Labute approximate surface area is 119 Å². The second kappa shape index (κ2) is 4.79. The van der Waals surface area contributed by atoms with Gasteiger partial charge in [0.25, 0.3) is 0 Å². The van der Waals surface area contributed by atoms with E-state index in [-0.39, 0.29) is 6.04 Å². The molecule has 3 rings (SSSR count). The molecular formula is C13H19ClN2O2S. The average Bonchev–Trinajstić information content (AvgIpc) is 3.12. The molecule has 2 heterocycles. The van der Waals surface area contributed by atoms with Gasteiger partial charge in [0.2, 0.25) is 10.0 Å². The molecule has 2 aliphatic rings. The third-order valence-electron chi connectivity index (χ3n) is 4.40. The summed E-state index contributed by atoms with van der Waals surface area (Å²) in [6, 6.07) is 1.94. The lowest BCUT2D eigenvalue weighted by molar-refractivity contribution is 0.333. The van der Waals surface area contributed by atoms with Crippen molar-refractivity contribution in [2.75, 3.05) is 6.54 Å². The first-order valence-corrected chi connectivity index (χ1v) is 8.80. The second-order valence-electron chi connectivity index (χ2n) is 5.49. The molecule has 106 valence electrons. The van der Waals surface area contributed by atoms with Crippen LogP contribution in [0.3, 0.4) is 0 Å². The molecule has 1 saturated carbocycles. The van der Waals surface area contributed by atoms with Crippen LogP contribution in [0.25, 0.3) is 0 Å². The number of rotatable bonds is 4. The van der Waals surface area contributed by atoms with Crippen LogP contribution in [0.2, 0.25) is 0 Å². The van der Waals surface area contributed by atoms with Gasteiger partial charge in [0, 0.05) is 31.0 Å². The minimum absolute atomic E-state index is 0.222. The number of hydrogen-bond donors (Lipinski definition) is 0. The molecule has 1 aliphatic carbocycles. The van der Waals surface area contributed by atoms with Gasteiger partial charge in [0.1, 0.15) is 4.90 Å². The summed E-state index contributed by atoms with van der Waals surface area (Å²) >= 11 is 5.87. The summed E-state index contributed by atoms with van der Waals surface area (Å²) < 4.78 is 29.0. The van der Waals surface area contributed by atoms with Crippen molar-refractivity contribution in [1.82, 2.24) is 8.87 Å². The van der Waals surface area contributed by atoms with E-state index in [1.807, 2.05) is 11.5 Å². The summed E-state index contributed by atoms with van der Waals surface area (Å²) in [5.41, 5.74) is 0.868. The first kappa shape index (κ1) is 13.5. The van der Waals surface area contributed by atoms with E-state index in [1.165, 1.54) is 6.42 Å². The molecule has 6 heteroatoms. The van der Waals surface area contributed by atoms with Gasteiger partial charge in [-0.15, -0.1) is 11.6 Å². The first-order chi connectivity index (χ1) is 9.06. The molecule has 2 unspecified atom stereocenters. The third kappa shape index (κ3) is 2.12. The van der Waals surface area contributed by atoms with Crippen LogP contribution < -0.4 is 0 Å². The van der Waals surface area contributed by atoms with Crippen molar-refractivity contribution in [3.63, 3.8) is 0 Å². The Balaban J connectivity index is 1.94. The van der Waals surface area contributed by atoms with Gasteiger partial charge >= 0.3 is 0 Å². The first-order valence-electron chi connectivity index (χ1n) is 6.83. The highest BCUT2D eigenvalue weighted by Crippen LogP contribution is 2.40. The predicted molar refractivity (Wildman–Crippen MR) is 74.7 cm³/mol. The van der Waals surface area contributed by atoms with Gasteiger partial charge < -0.3 is 4.57 Å². The molecule has 0 N–H and O–H groups in total. The second-order valence-corrected chi connectivity index (χ2v) is 7.65. The van der Waals surface area contributed by atoms with Crippen molar-refractivity contribution < 1.29 is 8.42 Å². The summed E-state index contributed by atoms with van der Waals surface area (Å²) in [5, 5.41) is 0. The maximum Gasteiger partial charge on any atom is 0.244 e. The molecule has 0 radical (unpaired) electrons. The lowest BCUT2D eigenvalue weighted by Gasteiger charge is -2.25. The minimum atomic E-state index is -3.34. The molecular weight excluding hydrogens is 284 g/mol. The van der Waals surface area contributed by atoms with Crippen LogP contribution in [0, 0.1) is 5.92 Å². The predicted octanol–water partition coefficient (Wildman–Crippen LogP) is 2.42. The summed E-state index contributed by atoms with van der Waals surface area (Å²) in [7, 11) is -3.34. The number of halogens is 1. The van der Waals surface area contributed by atoms with Crippen molar-refractivity contribution in [1.29, 1.82) is 0 Å². The highest BCUT2D eigenvalue weighted by atomic mass is 35.5. The zero-order chi connectivity index (χ0) is 13.6. The van der Waals surface area contributed by atoms with Crippen LogP contribution in [-0.4, -0.2) is 29.9 Å². The number of aromatic nitrogens is 1. The number of piperidine rings is 1. The average molecular weight is 303 g/mol. The Bertz CT molecular complexity index is 560. The quantitative estimate of drug-likeness (QED) is 0.802. The molecule has 19 heavy (non-hydrogen) atoms. The van der Waals surface area contributed by atoms with E-state index in [9.17, 15) is 8.42 Å². The van der Waals surface area contributed by atoms with E-state index in [4.69, 9.17) is 11.6 Å². The van der Waals surface area contributed by atoms with Crippen molar-refractivity contribution >= 4 is 21.6 Å². The Morgan fingerprint density at radius 1 is 1.42 bits per heavy atom.